The van der Waals surface area contributed by atoms with Gasteiger partial charge in [0.05, 0.1) is 10.6 Å². The topological polar surface area (TPSA) is 84.2 Å². The van der Waals surface area contributed by atoms with E-state index in [-0.39, 0.29) is 4.90 Å². The molecule has 0 atom stereocenters. The molecular weight excluding hydrogens is 302 g/mol. The largest absolute Gasteiger partial charge is 0.381 e. The Morgan fingerprint density at radius 2 is 1.82 bits per heavy atom. The first kappa shape index (κ1) is 16.5. The van der Waals surface area contributed by atoms with Crippen molar-refractivity contribution in [2.45, 2.75) is 38.1 Å². The first-order valence-corrected chi connectivity index (χ1v) is 8.73. The molecular formula is C15H21N3O3S. The van der Waals surface area contributed by atoms with Gasteiger partial charge in [-0.25, -0.2) is 13.1 Å². The van der Waals surface area contributed by atoms with Crippen molar-refractivity contribution in [3.8, 4) is 0 Å². The van der Waals surface area contributed by atoms with E-state index in [1.54, 1.807) is 24.3 Å². The number of sulfonamides is 1. The Morgan fingerprint density at radius 1 is 1.14 bits per heavy atom. The molecule has 1 heterocycles. The van der Waals surface area contributed by atoms with Gasteiger partial charge in [0.15, 0.2) is 0 Å². The molecule has 1 aromatic heterocycles. The molecule has 120 valence electrons. The number of nitrogens with one attached hydrogen (secondary N) is 2. The average Bonchev–Trinajstić information content (AvgIpc) is 2.95. The van der Waals surface area contributed by atoms with Crippen molar-refractivity contribution in [3.05, 3.63) is 41.3 Å². The molecule has 0 fully saturated rings. The van der Waals surface area contributed by atoms with Crippen molar-refractivity contribution in [1.29, 1.82) is 0 Å². The molecule has 0 radical (unpaired) electrons. The number of benzene rings is 1. The van der Waals surface area contributed by atoms with Gasteiger partial charge in [0.2, 0.25) is 10.0 Å². The summed E-state index contributed by atoms with van der Waals surface area (Å²) in [5.74, 6) is 0.888. The highest BCUT2D eigenvalue weighted by atomic mass is 32.2. The van der Waals surface area contributed by atoms with Crippen LogP contribution in [0.25, 0.3) is 0 Å². The van der Waals surface area contributed by atoms with Crippen molar-refractivity contribution in [3.63, 3.8) is 0 Å². The van der Waals surface area contributed by atoms with Crippen LogP contribution in [-0.4, -0.2) is 20.6 Å². The van der Waals surface area contributed by atoms with Gasteiger partial charge in [-0.05, 0) is 37.7 Å². The molecule has 0 bridgehead atoms. The summed E-state index contributed by atoms with van der Waals surface area (Å²) in [5.41, 5.74) is 2.89. The van der Waals surface area contributed by atoms with Gasteiger partial charge in [-0.15, -0.1) is 0 Å². The van der Waals surface area contributed by atoms with E-state index in [2.05, 4.69) is 15.2 Å². The quantitative estimate of drug-likeness (QED) is 0.817. The summed E-state index contributed by atoms with van der Waals surface area (Å²) in [6.07, 6.45) is 1.61. The minimum atomic E-state index is -3.40. The van der Waals surface area contributed by atoms with Gasteiger partial charge in [-0.3, -0.25) is 0 Å². The molecule has 6 nitrogen and oxygen atoms in total. The number of hydrogen-bond donors (Lipinski definition) is 2. The van der Waals surface area contributed by atoms with Crippen LogP contribution < -0.4 is 10.0 Å². The second-order valence-corrected chi connectivity index (χ2v) is 6.71. The summed E-state index contributed by atoms with van der Waals surface area (Å²) in [4.78, 5) is 0.244. The Hall–Kier alpha value is -1.86. The van der Waals surface area contributed by atoms with Crippen molar-refractivity contribution < 1.29 is 12.9 Å². The maximum atomic E-state index is 11.7. The number of aryl methyl sites for hydroxylation is 2. The van der Waals surface area contributed by atoms with Crippen LogP contribution in [0.2, 0.25) is 0 Å². The van der Waals surface area contributed by atoms with E-state index in [0.717, 1.165) is 35.5 Å². The van der Waals surface area contributed by atoms with Crippen LogP contribution in [0, 0.1) is 0 Å². The van der Waals surface area contributed by atoms with Gasteiger partial charge in [0, 0.05) is 24.2 Å². The van der Waals surface area contributed by atoms with E-state index in [0.29, 0.717) is 6.54 Å². The number of anilines is 1. The molecule has 0 unspecified atom stereocenters. The lowest BCUT2D eigenvalue weighted by atomic mass is 10.1. The first-order chi connectivity index (χ1) is 10.5. The Bertz CT molecular complexity index is 699. The van der Waals surface area contributed by atoms with E-state index in [9.17, 15) is 8.42 Å². The molecule has 0 aliphatic rings. The van der Waals surface area contributed by atoms with Crippen LogP contribution in [0.3, 0.4) is 0 Å². The molecule has 0 aliphatic heterocycles. The van der Waals surface area contributed by atoms with Gasteiger partial charge in [0.1, 0.15) is 5.76 Å². The third-order valence-electron chi connectivity index (χ3n) is 3.51. The highest BCUT2D eigenvalue weighted by Crippen LogP contribution is 2.19. The number of aromatic nitrogens is 1. The summed E-state index contributed by atoms with van der Waals surface area (Å²) >= 11 is 0. The van der Waals surface area contributed by atoms with Gasteiger partial charge < -0.3 is 9.84 Å². The molecule has 0 aliphatic carbocycles. The highest BCUT2D eigenvalue weighted by Gasteiger charge is 2.13. The van der Waals surface area contributed by atoms with Crippen molar-refractivity contribution in [1.82, 2.24) is 9.88 Å². The monoisotopic (exact) mass is 323 g/mol. The molecule has 0 amide bonds. The third-order valence-corrected chi connectivity index (χ3v) is 4.94. The summed E-state index contributed by atoms with van der Waals surface area (Å²) < 4.78 is 31.0. The number of nitrogens with zero attached hydrogens (tertiary/aromatic N) is 1. The fourth-order valence-electron chi connectivity index (χ4n) is 2.20. The maximum absolute atomic E-state index is 11.7. The van der Waals surface area contributed by atoms with Crippen molar-refractivity contribution in [2.24, 2.45) is 0 Å². The molecule has 7 heteroatoms. The van der Waals surface area contributed by atoms with Gasteiger partial charge in [-0.1, -0.05) is 19.0 Å². The predicted molar refractivity (Wildman–Crippen MR) is 85.3 cm³/mol. The second-order valence-electron chi connectivity index (χ2n) is 4.82. The van der Waals surface area contributed by atoms with E-state index in [4.69, 9.17) is 4.52 Å². The zero-order valence-electron chi connectivity index (χ0n) is 13.0. The van der Waals surface area contributed by atoms with Crippen molar-refractivity contribution >= 4 is 15.7 Å². The number of rotatable bonds is 7. The van der Waals surface area contributed by atoms with Gasteiger partial charge >= 0.3 is 0 Å². The maximum Gasteiger partial charge on any atom is 0.240 e. The van der Waals surface area contributed by atoms with Crippen LogP contribution in [0.15, 0.2) is 33.7 Å². The van der Waals surface area contributed by atoms with E-state index >= 15 is 0 Å². The fourth-order valence-corrected chi connectivity index (χ4v) is 2.93. The fraction of sp³-hybridized carbons (Fsp3) is 0.400. The van der Waals surface area contributed by atoms with E-state index < -0.39 is 10.0 Å². The molecule has 0 saturated heterocycles. The Kier molecular flexibility index (Phi) is 5.20. The standard InChI is InChI=1S/C15H21N3O3S/c1-4-14-13(15(5-2)21-18-14)10-17-11-6-8-12(9-7-11)22(19,20)16-3/h6-9,16-17H,4-5,10H2,1-3H3. The summed E-state index contributed by atoms with van der Waals surface area (Å²) in [7, 11) is -2.00. The molecule has 2 aromatic rings. The molecule has 1 aromatic carbocycles. The van der Waals surface area contributed by atoms with Crippen molar-refractivity contribution in [2.75, 3.05) is 12.4 Å². The lowest BCUT2D eigenvalue weighted by molar-refractivity contribution is 0.380. The summed E-state index contributed by atoms with van der Waals surface area (Å²) in [6.45, 7) is 4.67. The SMILES string of the molecule is CCc1noc(CC)c1CNc1ccc(S(=O)(=O)NC)cc1. The lowest BCUT2D eigenvalue weighted by Gasteiger charge is -2.08. The zero-order valence-corrected chi connectivity index (χ0v) is 13.8. The summed E-state index contributed by atoms with van der Waals surface area (Å²) in [5, 5.41) is 7.35. The van der Waals surface area contributed by atoms with E-state index in [1.807, 2.05) is 13.8 Å². The van der Waals surface area contributed by atoms with Gasteiger partial charge in [0.25, 0.3) is 0 Å². The minimum Gasteiger partial charge on any atom is -0.381 e. The first-order valence-electron chi connectivity index (χ1n) is 7.25. The predicted octanol–water partition coefficient (Wildman–Crippen LogP) is 2.32. The smallest absolute Gasteiger partial charge is 0.240 e. The van der Waals surface area contributed by atoms with Crippen LogP contribution in [-0.2, 0) is 29.4 Å². The summed E-state index contributed by atoms with van der Waals surface area (Å²) in [6, 6.07) is 6.64. The lowest BCUT2D eigenvalue weighted by Crippen LogP contribution is -2.18. The third kappa shape index (κ3) is 3.48. The van der Waals surface area contributed by atoms with Crippen LogP contribution in [0.1, 0.15) is 30.9 Å². The number of hydrogen-bond acceptors (Lipinski definition) is 5. The Balaban J connectivity index is 2.11. The average molecular weight is 323 g/mol. The minimum absolute atomic E-state index is 0.244. The van der Waals surface area contributed by atoms with Crippen LogP contribution in [0.4, 0.5) is 5.69 Å². The van der Waals surface area contributed by atoms with Crippen LogP contribution >= 0.6 is 0 Å². The van der Waals surface area contributed by atoms with Gasteiger partial charge in [-0.2, -0.15) is 0 Å². The molecule has 2 rings (SSSR count). The normalized spacial score (nSPS) is 11.6. The molecule has 0 spiro atoms. The Labute approximate surface area is 131 Å². The highest BCUT2D eigenvalue weighted by molar-refractivity contribution is 7.89. The Morgan fingerprint density at radius 3 is 2.36 bits per heavy atom. The molecule has 2 N–H and O–H groups in total. The second kappa shape index (κ2) is 6.93. The van der Waals surface area contributed by atoms with E-state index in [1.165, 1.54) is 7.05 Å². The van der Waals surface area contributed by atoms with Crippen LogP contribution in [0.5, 0.6) is 0 Å². The molecule has 22 heavy (non-hydrogen) atoms. The molecule has 0 saturated carbocycles. The zero-order chi connectivity index (χ0) is 16.2.